The third-order valence-corrected chi connectivity index (χ3v) is 9.67. The SMILES string of the molecule is C=C1/C(=C2\C=C3[C@@H](CC2)CC[C@]2(C)[C@@H]([C@H](C)CCCC(C)(C)O)CC[C@@H]32)C[C@@H](O)C[C@@H]1O. The number of hydrogen-bond donors (Lipinski definition) is 3. The van der Waals surface area contributed by atoms with Gasteiger partial charge >= 0.3 is 0 Å². The quantitative estimate of drug-likeness (QED) is 0.482. The highest BCUT2D eigenvalue weighted by molar-refractivity contribution is 5.46. The van der Waals surface area contributed by atoms with E-state index in [-0.39, 0.29) is 0 Å². The fraction of sp³-hybridized carbons (Fsp3) is 0.793. The monoisotopic (exact) mass is 442 g/mol. The van der Waals surface area contributed by atoms with Gasteiger partial charge in [0, 0.05) is 6.42 Å². The van der Waals surface area contributed by atoms with Gasteiger partial charge in [0.1, 0.15) is 0 Å². The van der Waals surface area contributed by atoms with Crippen LogP contribution in [0.4, 0.5) is 0 Å². The van der Waals surface area contributed by atoms with Crippen molar-refractivity contribution in [3.8, 4) is 0 Å². The first kappa shape index (κ1) is 24.2. The van der Waals surface area contributed by atoms with Gasteiger partial charge in [-0.3, -0.25) is 0 Å². The topological polar surface area (TPSA) is 60.7 Å². The smallest absolute Gasteiger partial charge is 0.0811 e. The standard InChI is InChI=1S/C29H46O3/c1-18(7-6-13-28(3,4)32)25-10-11-26-24-15-21(9-8-20(24)12-14-29(25,26)5)23-16-22(30)17-27(31)19(23)2/h15,18,20,22,25-27,30-32H,2,6-14,16-17H2,1,3-5H3/b23-21-/t18-,20+,22-,25-,26+,27+,29-/m1/s1. The van der Waals surface area contributed by atoms with Crippen molar-refractivity contribution >= 4 is 0 Å². The minimum atomic E-state index is -0.602. The molecule has 0 unspecified atom stereocenters. The molecule has 0 aromatic heterocycles. The van der Waals surface area contributed by atoms with Crippen LogP contribution in [0.25, 0.3) is 0 Å². The Hall–Kier alpha value is -0.900. The highest BCUT2D eigenvalue weighted by Gasteiger charge is 2.53. The highest BCUT2D eigenvalue weighted by atomic mass is 16.3. The molecule has 3 N–H and O–H groups in total. The molecule has 7 atom stereocenters. The van der Waals surface area contributed by atoms with E-state index in [4.69, 9.17) is 0 Å². The van der Waals surface area contributed by atoms with Crippen molar-refractivity contribution < 1.29 is 15.3 Å². The zero-order valence-corrected chi connectivity index (χ0v) is 20.9. The maximum absolute atomic E-state index is 10.4. The van der Waals surface area contributed by atoms with Crippen molar-refractivity contribution in [2.24, 2.45) is 29.1 Å². The van der Waals surface area contributed by atoms with Crippen LogP contribution in [-0.4, -0.2) is 33.1 Å². The normalized spacial score (nSPS) is 41.2. The van der Waals surface area contributed by atoms with Crippen LogP contribution in [0.1, 0.15) is 98.3 Å². The molecule has 0 spiro atoms. The molecule has 0 amide bonds. The molecule has 4 aliphatic carbocycles. The molecule has 0 aromatic carbocycles. The number of aliphatic hydroxyl groups is 3. The summed E-state index contributed by atoms with van der Waals surface area (Å²) in [5.41, 5.74) is 4.80. The predicted octanol–water partition coefficient (Wildman–Crippen LogP) is 6.09. The van der Waals surface area contributed by atoms with Crippen LogP contribution in [0, 0.1) is 29.1 Å². The Morgan fingerprint density at radius 3 is 2.66 bits per heavy atom. The van der Waals surface area contributed by atoms with Gasteiger partial charge in [0.15, 0.2) is 0 Å². The van der Waals surface area contributed by atoms with Gasteiger partial charge < -0.3 is 15.3 Å². The molecule has 4 rings (SSSR count). The van der Waals surface area contributed by atoms with Crippen LogP contribution >= 0.6 is 0 Å². The molecule has 0 aliphatic heterocycles. The van der Waals surface area contributed by atoms with E-state index in [1.165, 1.54) is 44.1 Å². The zero-order chi connectivity index (χ0) is 23.3. The minimum Gasteiger partial charge on any atom is -0.393 e. The lowest BCUT2D eigenvalue weighted by Crippen LogP contribution is -2.39. The number of aliphatic hydroxyl groups excluding tert-OH is 2. The second-order valence-electron chi connectivity index (χ2n) is 12.5. The van der Waals surface area contributed by atoms with Gasteiger partial charge in [-0.15, -0.1) is 0 Å². The molecule has 3 heteroatoms. The summed E-state index contributed by atoms with van der Waals surface area (Å²) >= 11 is 0. The Kier molecular flexibility index (Phi) is 6.85. The summed E-state index contributed by atoms with van der Waals surface area (Å²) in [7, 11) is 0. The first-order valence-corrected chi connectivity index (χ1v) is 13.2. The first-order valence-electron chi connectivity index (χ1n) is 13.2. The highest BCUT2D eigenvalue weighted by Crippen LogP contribution is 2.62. The summed E-state index contributed by atoms with van der Waals surface area (Å²) in [6.45, 7) is 13.0. The van der Waals surface area contributed by atoms with Crippen LogP contribution in [-0.2, 0) is 0 Å². The first-order chi connectivity index (χ1) is 15.0. The number of rotatable bonds is 5. The third kappa shape index (κ3) is 4.68. The van der Waals surface area contributed by atoms with Gasteiger partial charge in [-0.25, -0.2) is 0 Å². The van der Waals surface area contributed by atoms with E-state index >= 15 is 0 Å². The van der Waals surface area contributed by atoms with E-state index in [0.29, 0.717) is 36.0 Å². The summed E-state index contributed by atoms with van der Waals surface area (Å²) in [5, 5.41) is 30.7. The van der Waals surface area contributed by atoms with E-state index in [2.05, 4.69) is 26.5 Å². The van der Waals surface area contributed by atoms with Crippen LogP contribution < -0.4 is 0 Å². The lowest BCUT2D eigenvalue weighted by molar-refractivity contribution is 0.0559. The molecule has 0 bridgehead atoms. The molecule has 32 heavy (non-hydrogen) atoms. The van der Waals surface area contributed by atoms with Crippen molar-refractivity contribution in [1.82, 2.24) is 0 Å². The fourth-order valence-corrected chi connectivity index (χ4v) is 7.86. The Bertz CT molecular complexity index is 785. The van der Waals surface area contributed by atoms with Gasteiger partial charge in [0.25, 0.3) is 0 Å². The number of fused-ring (bicyclic) bond motifs is 3. The Balaban J connectivity index is 1.54. The molecule has 4 aliphatic rings. The predicted molar refractivity (Wildman–Crippen MR) is 131 cm³/mol. The second-order valence-corrected chi connectivity index (χ2v) is 12.5. The molecule has 3 saturated carbocycles. The molecule has 0 radical (unpaired) electrons. The van der Waals surface area contributed by atoms with Gasteiger partial charge in [-0.2, -0.15) is 0 Å². The molecule has 0 aromatic rings. The summed E-state index contributed by atoms with van der Waals surface area (Å²) < 4.78 is 0. The average Bonchev–Trinajstić information content (AvgIpc) is 3.07. The summed E-state index contributed by atoms with van der Waals surface area (Å²) in [5.74, 6) is 2.86. The molecule has 0 saturated heterocycles. The Labute approximate surface area is 195 Å². The Morgan fingerprint density at radius 1 is 1.19 bits per heavy atom. The number of allylic oxidation sites excluding steroid dienone is 3. The maximum atomic E-state index is 10.4. The van der Waals surface area contributed by atoms with Crippen molar-refractivity contribution in [2.75, 3.05) is 0 Å². The van der Waals surface area contributed by atoms with Crippen LogP contribution in [0.3, 0.4) is 0 Å². The van der Waals surface area contributed by atoms with E-state index < -0.39 is 17.8 Å². The lowest BCUT2D eigenvalue weighted by Gasteiger charge is -2.48. The van der Waals surface area contributed by atoms with Gasteiger partial charge in [-0.1, -0.05) is 44.9 Å². The largest absolute Gasteiger partial charge is 0.393 e. The van der Waals surface area contributed by atoms with Gasteiger partial charge in [0.05, 0.1) is 17.8 Å². The van der Waals surface area contributed by atoms with E-state index in [9.17, 15) is 15.3 Å². The van der Waals surface area contributed by atoms with E-state index in [1.807, 2.05) is 13.8 Å². The third-order valence-electron chi connectivity index (χ3n) is 9.67. The molecule has 180 valence electrons. The average molecular weight is 443 g/mol. The van der Waals surface area contributed by atoms with Crippen molar-refractivity contribution in [3.05, 3.63) is 34.9 Å². The van der Waals surface area contributed by atoms with Crippen molar-refractivity contribution in [2.45, 2.75) is 116 Å². The Morgan fingerprint density at radius 2 is 1.94 bits per heavy atom. The summed E-state index contributed by atoms with van der Waals surface area (Å²) in [6, 6.07) is 0. The molecule has 3 fully saturated rings. The minimum absolute atomic E-state index is 0.381. The molecular formula is C29H46O3. The van der Waals surface area contributed by atoms with E-state index in [1.54, 1.807) is 5.57 Å². The van der Waals surface area contributed by atoms with Crippen LogP contribution in [0.15, 0.2) is 34.9 Å². The molecule has 0 heterocycles. The number of hydrogen-bond acceptors (Lipinski definition) is 3. The second kappa shape index (κ2) is 9.04. The lowest BCUT2D eigenvalue weighted by atomic mass is 9.56. The fourth-order valence-electron chi connectivity index (χ4n) is 7.86. The molecule has 3 nitrogen and oxygen atoms in total. The van der Waals surface area contributed by atoms with Crippen molar-refractivity contribution in [3.63, 3.8) is 0 Å². The van der Waals surface area contributed by atoms with Gasteiger partial charge in [0.2, 0.25) is 0 Å². The maximum Gasteiger partial charge on any atom is 0.0811 e. The zero-order valence-electron chi connectivity index (χ0n) is 20.9. The summed E-state index contributed by atoms with van der Waals surface area (Å²) in [4.78, 5) is 0. The van der Waals surface area contributed by atoms with Crippen molar-refractivity contribution in [1.29, 1.82) is 0 Å². The van der Waals surface area contributed by atoms with Gasteiger partial charge in [-0.05, 0) is 111 Å². The van der Waals surface area contributed by atoms with E-state index in [0.717, 1.165) is 36.3 Å². The van der Waals surface area contributed by atoms with Crippen LogP contribution in [0.2, 0.25) is 0 Å². The van der Waals surface area contributed by atoms with Crippen LogP contribution in [0.5, 0.6) is 0 Å². The molecular weight excluding hydrogens is 396 g/mol. The summed E-state index contributed by atoms with van der Waals surface area (Å²) in [6.07, 6.45) is 13.2.